The summed E-state index contributed by atoms with van der Waals surface area (Å²) in [6, 6.07) is 5.13. The van der Waals surface area contributed by atoms with E-state index >= 15 is 0 Å². The zero-order chi connectivity index (χ0) is 17.4. The van der Waals surface area contributed by atoms with E-state index in [1.165, 1.54) is 19.3 Å². The van der Waals surface area contributed by atoms with Crippen LogP contribution in [0.1, 0.15) is 37.7 Å². The Morgan fingerprint density at radius 2 is 1.96 bits per heavy atom. The first-order valence-corrected chi connectivity index (χ1v) is 8.73. The van der Waals surface area contributed by atoms with E-state index in [0.29, 0.717) is 23.2 Å². The third-order valence-corrected chi connectivity index (χ3v) is 4.59. The number of hydrogen-bond acceptors (Lipinski definition) is 4. The summed E-state index contributed by atoms with van der Waals surface area (Å²) in [7, 11) is 0. The van der Waals surface area contributed by atoms with Gasteiger partial charge in [0, 0.05) is 11.6 Å². The second-order valence-corrected chi connectivity index (χ2v) is 6.58. The van der Waals surface area contributed by atoms with Crippen LogP contribution in [0.25, 0.3) is 0 Å². The van der Waals surface area contributed by atoms with E-state index in [0.717, 1.165) is 18.4 Å². The summed E-state index contributed by atoms with van der Waals surface area (Å²) in [5.74, 6) is 0.247. The average molecular weight is 354 g/mol. The fourth-order valence-corrected chi connectivity index (χ4v) is 2.85. The van der Waals surface area contributed by atoms with Crippen molar-refractivity contribution in [2.75, 3.05) is 19.8 Å². The lowest BCUT2D eigenvalue weighted by Crippen LogP contribution is -2.34. The molecule has 0 bridgehead atoms. The number of nitrogens with one attached hydrogen (secondary N) is 1. The molecule has 1 saturated carbocycles. The van der Waals surface area contributed by atoms with Crippen LogP contribution in [0.5, 0.6) is 5.75 Å². The average Bonchev–Trinajstić information content (AvgIpc) is 2.60. The fraction of sp³-hybridized carbons (Fsp3) is 0.556. The number of aryl methyl sites for hydroxylation is 1. The lowest BCUT2D eigenvalue weighted by Gasteiger charge is -2.21. The molecule has 1 aliphatic rings. The SMILES string of the molecule is Cc1cc(OCC(=O)OCC(=O)NCC2CCCCC2)ccc1Cl. The lowest BCUT2D eigenvalue weighted by molar-refractivity contribution is -0.150. The van der Waals surface area contributed by atoms with Crippen molar-refractivity contribution in [2.45, 2.75) is 39.0 Å². The van der Waals surface area contributed by atoms with E-state index in [-0.39, 0.29) is 19.1 Å². The third-order valence-electron chi connectivity index (χ3n) is 4.16. The molecule has 0 aromatic heterocycles. The maximum atomic E-state index is 11.7. The van der Waals surface area contributed by atoms with Crippen LogP contribution in [-0.4, -0.2) is 31.6 Å². The molecule has 1 fully saturated rings. The van der Waals surface area contributed by atoms with E-state index in [2.05, 4.69) is 5.32 Å². The summed E-state index contributed by atoms with van der Waals surface area (Å²) in [5.41, 5.74) is 0.865. The van der Waals surface area contributed by atoms with E-state index in [4.69, 9.17) is 21.1 Å². The van der Waals surface area contributed by atoms with Crippen LogP contribution in [0, 0.1) is 12.8 Å². The van der Waals surface area contributed by atoms with E-state index in [1.807, 2.05) is 6.92 Å². The Balaban J connectivity index is 1.61. The van der Waals surface area contributed by atoms with E-state index in [9.17, 15) is 9.59 Å². The van der Waals surface area contributed by atoms with Crippen LogP contribution in [0.15, 0.2) is 18.2 Å². The second-order valence-electron chi connectivity index (χ2n) is 6.17. The molecule has 1 amide bonds. The first-order valence-electron chi connectivity index (χ1n) is 8.36. The van der Waals surface area contributed by atoms with E-state index in [1.54, 1.807) is 18.2 Å². The highest BCUT2D eigenvalue weighted by Crippen LogP contribution is 2.22. The van der Waals surface area contributed by atoms with Crippen LogP contribution in [0.4, 0.5) is 0 Å². The molecule has 0 aliphatic heterocycles. The Kier molecular flexibility index (Phi) is 7.37. The van der Waals surface area contributed by atoms with Crippen LogP contribution in [-0.2, 0) is 14.3 Å². The molecular formula is C18H24ClNO4. The molecule has 0 unspecified atom stereocenters. The van der Waals surface area contributed by atoms with Gasteiger partial charge in [0.2, 0.25) is 0 Å². The molecule has 5 nitrogen and oxygen atoms in total. The minimum absolute atomic E-state index is 0.239. The zero-order valence-corrected chi connectivity index (χ0v) is 14.7. The maximum absolute atomic E-state index is 11.7. The van der Waals surface area contributed by atoms with Gasteiger partial charge in [0.05, 0.1) is 0 Å². The van der Waals surface area contributed by atoms with Crippen molar-refractivity contribution in [3.05, 3.63) is 28.8 Å². The Morgan fingerprint density at radius 3 is 2.67 bits per heavy atom. The van der Waals surface area contributed by atoms with Gasteiger partial charge in [-0.05, 0) is 49.4 Å². The minimum atomic E-state index is -0.574. The van der Waals surface area contributed by atoms with Gasteiger partial charge in [0.1, 0.15) is 5.75 Å². The predicted molar refractivity (Wildman–Crippen MR) is 92.2 cm³/mol. The van der Waals surface area contributed by atoms with Crippen molar-refractivity contribution < 1.29 is 19.1 Å². The number of benzene rings is 1. The van der Waals surface area contributed by atoms with Gasteiger partial charge in [-0.3, -0.25) is 4.79 Å². The number of halogens is 1. The van der Waals surface area contributed by atoms with Crippen LogP contribution in [0.3, 0.4) is 0 Å². The summed E-state index contributed by atoms with van der Waals surface area (Å²) >= 11 is 5.92. The maximum Gasteiger partial charge on any atom is 0.344 e. The number of rotatable bonds is 7. The quantitative estimate of drug-likeness (QED) is 0.764. The van der Waals surface area contributed by atoms with Gasteiger partial charge >= 0.3 is 5.97 Å². The molecule has 24 heavy (non-hydrogen) atoms. The topological polar surface area (TPSA) is 64.6 Å². The molecule has 1 aromatic carbocycles. The van der Waals surface area contributed by atoms with Gasteiger partial charge in [-0.25, -0.2) is 4.79 Å². The second kappa shape index (κ2) is 9.52. The molecule has 0 radical (unpaired) electrons. The standard InChI is InChI=1S/C18H24ClNO4/c1-13-9-15(7-8-16(13)19)23-12-18(22)24-11-17(21)20-10-14-5-3-2-4-6-14/h7-9,14H,2-6,10-12H2,1H3,(H,20,21). The first kappa shape index (κ1) is 18.6. The predicted octanol–water partition coefficient (Wildman–Crippen LogP) is 3.27. The molecule has 6 heteroatoms. The van der Waals surface area contributed by atoms with Gasteiger partial charge in [0.25, 0.3) is 5.91 Å². The monoisotopic (exact) mass is 353 g/mol. The van der Waals surface area contributed by atoms with Gasteiger partial charge in [0.15, 0.2) is 13.2 Å². The number of hydrogen-bond donors (Lipinski definition) is 1. The largest absolute Gasteiger partial charge is 0.482 e. The molecule has 1 aromatic rings. The Hall–Kier alpha value is -1.75. The van der Waals surface area contributed by atoms with Crippen LogP contribution < -0.4 is 10.1 Å². The molecule has 0 spiro atoms. The van der Waals surface area contributed by atoms with Crippen LogP contribution >= 0.6 is 11.6 Å². The van der Waals surface area contributed by atoms with Crippen LogP contribution in [0.2, 0.25) is 5.02 Å². The molecule has 0 saturated heterocycles. The van der Waals surface area contributed by atoms with Gasteiger partial charge in [-0.1, -0.05) is 30.9 Å². The number of carbonyl (C=O) groups is 2. The highest BCUT2D eigenvalue weighted by atomic mass is 35.5. The summed E-state index contributed by atoms with van der Waals surface area (Å²) in [4.78, 5) is 23.3. The minimum Gasteiger partial charge on any atom is -0.482 e. The Bertz CT molecular complexity index is 570. The van der Waals surface area contributed by atoms with Crippen molar-refractivity contribution in [3.8, 4) is 5.75 Å². The molecule has 1 aliphatic carbocycles. The lowest BCUT2D eigenvalue weighted by atomic mass is 9.89. The highest BCUT2D eigenvalue weighted by molar-refractivity contribution is 6.31. The normalized spacial score (nSPS) is 14.9. The Labute approximate surface area is 147 Å². The van der Waals surface area contributed by atoms with Crippen molar-refractivity contribution in [2.24, 2.45) is 5.92 Å². The number of esters is 1. The molecular weight excluding hydrogens is 330 g/mol. The smallest absolute Gasteiger partial charge is 0.344 e. The first-order chi connectivity index (χ1) is 11.5. The van der Waals surface area contributed by atoms with Crippen molar-refractivity contribution in [3.63, 3.8) is 0 Å². The van der Waals surface area contributed by atoms with Gasteiger partial charge < -0.3 is 14.8 Å². The van der Waals surface area contributed by atoms with Crippen molar-refractivity contribution in [1.82, 2.24) is 5.32 Å². The number of carbonyl (C=O) groups excluding carboxylic acids is 2. The van der Waals surface area contributed by atoms with Gasteiger partial charge in [-0.2, -0.15) is 0 Å². The molecule has 0 atom stereocenters. The Morgan fingerprint density at radius 1 is 1.21 bits per heavy atom. The summed E-state index contributed by atoms with van der Waals surface area (Å²) in [6.45, 7) is 2.01. The molecule has 1 N–H and O–H groups in total. The number of ether oxygens (including phenoxy) is 2. The van der Waals surface area contributed by atoms with E-state index < -0.39 is 5.97 Å². The molecule has 132 valence electrons. The summed E-state index contributed by atoms with van der Waals surface area (Å²) in [5, 5.41) is 3.46. The zero-order valence-electron chi connectivity index (χ0n) is 14.0. The highest BCUT2D eigenvalue weighted by Gasteiger charge is 2.15. The summed E-state index contributed by atoms with van der Waals surface area (Å²) in [6.07, 6.45) is 6.08. The third kappa shape index (κ3) is 6.40. The number of amides is 1. The van der Waals surface area contributed by atoms with Crippen molar-refractivity contribution >= 4 is 23.5 Å². The van der Waals surface area contributed by atoms with Crippen molar-refractivity contribution in [1.29, 1.82) is 0 Å². The van der Waals surface area contributed by atoms with Gasteiger partial charge in [-0.15, -0.1) is 0 Å². The fourth-order valence-electron chi connectivity index (χ4n) is 2.74. The molecule has 0 heterocycles. The molecule has 2 rings (SSSR count). The summed E-state index contributed by atoms with van der Waals surface area (Å²) < 4.78 is 10.2.